The second-order valence-corrected chi connectivity index (χ2v) is 28.7. The Balaban J connectivity index is 1.66. The zero-order valence-corrected chi connectivity index (χ0v) is 35.1. The summed E-state index contributed by atoms with van der Waals surface area (Å²) in [6.07, 6.45) is 13.3. The van der Waals surface area contributed by atoms with Crippen molar-refractivity contribution in [3.8, 4) is 0 Å². The van der Waals surface area contributed by atoms with Gasteiger partial charge in [0.05, 0.1) is 24.9 Å². The number of ether oxygens (including phenoxy) is 2. The maximum Gasteiger partial charge on any atom is 0.335 e. The van der Waals surface area contributed by atoms with Gasteiger partial charge in [-0.15, -0.1) is 0 Å². The Morgan fingerprint density at radius 1 is 0.915 bits per heavy atom. The molecular weight excluding hydrogens is 617 g/mol. The highest BCUT2D eigenvalue weighted by atomic mass is 28.4. The molecule has 0 N–H and O–H groups in total. The Labute approximate surface area is 291 Å². The van der Waals surface area contributed by atoms with E-state index < -0.39 is 22.7 Å². The van der Waals surface area contributed by atoms with Gasteiger partial charge in [0.1, 0.15) is 0 Å². The number of hydrogen-bond acceptors (Lipinski definition) is 5. The molecule has 4 aliphatic carbocycles. The van der Waals surface area contributed by atoms with Crippen molar-refractivity contribution < 1.29 is 23.1 Å². The molecule has 0 aromatic heterocycles. The van der Waals surface area contributed by atoms with Gasteiger partial charge in [-0.05, 0) is 118 Å². The van der Waals surface area contributed by atoms with E-state index in [4.69, 9.17) is 18.3 Å². The summed E-state index contributed by atoms with van der Waals surface area (Å²) in [6, 6.07) is 0. The molecule has 0 amide bonds. The van der Waals surface area contributed by atoms with Crippen molar-refractivity contribution in [1.82, 2.24) is 0 Å². The van der Waals surface area contributed by atoms with E-state index in [-0.39, 0.29) is 45.2 Å². The molecule has 0 radical (unpaired) electrons. The van der Waals surface area contributed by atoms with Crippen LogP contribution in [0.5, 0.6) is 0 Å². The summed E-state index contributed by atoms with van der Waals surface area (Å²) < 4.78 is 26.7. The molecular formula is C40H72O5Si2. The van der Waals surface area contributed by atoms with Crippen molar-refractivity contribution in [1.29, 1.82) is 0 Å². The van der Waals surface area contributed by atoms with Crippen LogP contribution >= 0.6 is 0 Å². The van der Waals surface area contributed by atoms with Gasteiger partial charge in [0.2, 0.25) is 0 Å². The van der Waals surface area contributed by atoms with Crippen LogP contribution in [0.4, 0.5) is 0 Å². The van der Waals surface area contributed by atoms with Crippen LogP contribution in [0.1, 0.15) is 128 Å². The molecule has 4 rings (SSSR count). The Hall–Kier alpha value is -0.736. The van der Waals surface area contributed by atoms with Crippen molar-refractivity contribution in [2.24, 2.45) is 28.6 Å². The summed E-state index contributed by atoms with van der Waals surface area (Å²) in [5.74, 6) is 1.25. The second-order valence-electron chi connectivity index (χ2n) is 19.2. The van der Waals surface area contributed by atoms with Gasteiger partial charge in [0.25, 0.3) is 0 Å². The molecule has 3 saturated carbocycles. The summed E-state index contributed by atoms with van der Waals surface area (Å²) in [4.78, 5) is 12.8. The molecule has 0 heterocycles. The first-order chi connectivity index (χ1) is 21.5. The van der Waals surface area contributed by atoms with E-state index in [1.54, 1.807) is 11.1 Å². The Morgan fingerprint density at radius 2 is 1.53 bits per heavy atom. The lowest BCUT2D eigenvalue weighted by Crippen LogP contribution is -2.58. The fraction of sp³-hybridized carbons (Fsp3) is 0.875. The normalized spacial score (nSPS) is 34.4. The second kappa shape index (κ2) is 13.8. The number of allylic oxidation sites excluding steroid dienone is 3. The van der Waals surface area contributed by atoms with E-state index in [1.807, 2.05) is 6.92 Å². The van der Waals surface area contributed by atoms with Gasteiger partial charge in [0, 0.05) is 5.41 Å². The van der Waals surface area contributed by atoms with Crippen LogP contribution < -0.4 is 0 Å². The molecule has 47 heavy (non-hydrogen) atoms. The Bertz CT molecular complexity index is 1190. The van der Waals surface area contributed by atoms with Crippen molar-refractivity contribution in [2.45, 2.75) is 188 Å². The lowest BCUT2D eigenvalue weighted by Gasteiger charge is -2.59. The minimum absolute atomic E-state index is 0.0194. The van der Waals surface area contributed by atoms with Gasteiger partial charge in [-0.3, -0.25) is 0 Å². The predicted molar refractivity (Wildman–Crippen MR) is 201 cm³/mol. The monoisotopic (exact) mass is 688 g/mol. The fourth-order valence-corrected chi connectivity index (χ4v) is 12.1. The molecule has 4 aliphatic rings. The van der Waals surface area contributed by atoms with Crippen LogP contribution in [0, 0.1) is 28.6 Å². The van der Waals surface area contributed by atoms with Gasteiger partial charge in [-0.2, -0.15) is 0 Å². The smallest absolute Gasteiger partial charge is 0.335 e. The molecule has 7 heteroatoms. The maximum absolute atomic E-state index is 12.8. The zero-order chi connectivity index (χ0) is 35.4. The van der Waals surface area contributed by atoms with E-state index >= 15 is 0 Å². The van der Waals surface area contributed by atoms with Gasteiger partial charge >= 0.3 is 5.97 Å². The number of esters is 1. The van der Waals surface area contributed by atoms with Gasteiger partial charge < -0.3 is 18.3 Å². The Morgan fingerprint density at radius 3 is 2.11 bits per heavy atom. The molecule has 3 fully saturated rings. The average Bonchev–Trinajstić information content (AvgIpc) is 3.29. The Kier molecular flexibility index (Phi) is 11.4. The quantitative estimate of drug-likeness (QED) is 0.160. The molecule has 3 unspecified atom stereocenters. The summed E-state index contributed by atoms with van der Waals surface area (Å²) in [6.45, 7) is 35.5. The van der Waals surface area contributed by atoms with Crippen molar-refractivity contribution in [3.63, 3.8) is 0 Å². The first-order valence-corrected chi connectivity index (χ1v) is 24.9. The largest absolute Gasteiger partial charge is 0.464 e. The first kappa shape index (κ1) is 39.1. The third-order valence-electron chi connectivity index (χ3n) is 14.2. The molecule has 0 spiro atoms. The number of fused-ring (bicyclic) bond motifs is 5. The lowest BCUT2D eigenvalue weighted by atomic mass is 9.49. The van der Waals surface area contributed by atoms with E-state index in [9.17, 15) is 4.79 Å². The summed E-state index contributed by atoms with van der Waals surface area (Å²) in [7, 11) is -3.98. The summed E-state index contributed by atoms with van der Waals surface area (Å²) in [5, 5.41) is 0.324. The van der Waals surface area contributed by atoms with Crippen molar-refractivity contribution >= 4 is 22.6 Å². The average molecular weight is 689 g/mol. The van der Waals surface area contributed by atoms with E-state index in [0.29, 0.717) is 30.8 Å². The highest BCUT2D eigenvalue weighted by molar-refractivity contribution is 6.74. The SMILES string of the molecule is CCCC(O[C@@H](C)[C@H]1CCC2C3=CC=C4C[C@@H](O[Si](C)(C)C(C)(C)C)C[C@H](O[Si](C)(C)C(C)(C)C)[C@]4(C)C3CC[C@@]21C)C(=O)OCC. The molecule has 0 aromatic rings. The molecule has 0 bridgehead atoms. The number of rotatable bonds is 11. The minimum Gasteiger partial charge on any atom is -0.464 e. The molecule has 0 saturated heterocycles. The topological polar surface area (TPSA) is 54.0 Å². The summed E-state index contributed by atoms with van der Waals surface area (Å²) in [5.41, 5.74) is 3.34. The van der Waals surface area contributed by atoms with Gasteiger partial charge in [-0.25, -0.2) is 4.79 Å². The first-order valence-electron chi connectivity index (χ1n) is 19.1. The third-order valence-corrected chi connectivity index (χ3v) is 23.2. The van der Waals surface area contributed by atoms with Crippen molar-refractivity contribution in [3.05, 3.63) is 23.3 Å². The molecule has 0 aliphatic heterocycles. The van der Waals surface area contributed by atoms with Crippen LogP contribution in [0.2, 0.25) is 36.3 Å². The number of carbonyl (C=O) groups excluding carboxylic acids is 1. The highest BCUT2D eigenvalue weighted by Gasteiger charge is 2.61. The zero-order valence-electron chi connectivity index (χ0n) is 33.1. The van der Waals surface area contributed by atoms with Gasteiger partial charge in [0.15, 0.2) is 22.7 Å². The standard InChI is InChI=1S/C40H72O5Si2/c1-16-18-34(36(41)42-17-2)43-27(3)31-21-22-32-30-20-19-28-25-29(44-46(12,13)37(4,5)6)26-35(45-47(14,15)38(7,8)9)40(28,11)33(30)23-24-39(31,32)10/h19-20,27,29,31-35H,16-18,21-26H2,1-15H3/t27-,29+,31+,32?,33?,34?,35-,39+,40-/m0/s1. The van der Waals surface area contributed by atoms with Crippen LogP contribution in [-0.2, 0) is 23.1 Å². The van der Waals surface area contributed by atoms with E-state index in [2.05, 4.69) is 108 Å². The molecule has 9 atom stereocenters. The minimum atomic E-state index is -2.05. The summed E-state index contributed by atoms with van der Waals surface area (Å²) >= 11 is 0. The number of hydrogen-bond donors (Lipinski definition) is 0. The molecule has 0 aromatic carbocycles. The molecule has 270 valence electrons. The van der Waals surface area contributed by atoms with Gasteiger partial charge in [-0.1, -0.05) is 92.0 Å². The maximum atomic E-state index is 12.8. The van der Waals surface area contributed by atoms with E-state index in [1.165, 1.54) is 19.3 Å². The van der Waals surface area contributed by atoms with Crippen LogP contribution in [0.15, 0.2) is 23.3 Å². The lowest BCUT2D eigenvalue weighted by molar-refractivity contribution is -0.165. The highest BCUT2D eigenvalue weighted by Crippen LogP contribution is 2.66. The van der Waals surface area contributed by atoms with Crippen LogP contribution in [0.3, 0.4) is 0 Å². The predicted octanol–water partition coefficient (Wildman–Crippen LogP) is 11.0. The third kappa shape index (κ3) is 7.36. The van der Waals surface area contributed by atoms with Crippen LogP contribution in [0.25, 0.3) is 0 Å². The van der Waals surface area contributed by atoms with Crippen LogP contribution in [-0.4, -0.2) is 53.6 Å². The number of carbonyl (C=O) groups is 1. The fourth-order valence-electron chi connectivity index (χ4n) is 9.30. The van der Waals surface area contributed by atoms with Crippen molar-refractivity contribution in [2.75, 3.05) is 6.61 Å². The molecule has 5 nitrogen and oxygen atoms in total. The van der Waals surface area contributed by atoms with E-state index in [0.717, 1.165) is 25.7 Å².